The van der Waals surface area contributed by atoms with Crippen LogP contribution in [0.15, 0.2) is 42.0 Å². The molecule has 9 heteroatoms. The lowest BCUT2D eigenvalue weighted by Gasteiger charge is -1.99. The maximum Gasteiger partial charge on any atom is 0.232 e. The molecule has 0 aliphatic carbocycles. The van der Waals surface area contributed by atoms with Crippen molar-refractivity contribution in [1.82, 2.24) is 19.7 Å². The molecule has 0 radical (unpaired) electrons. The maximum atomic E-state index is 12.4. The van der Waals surface area contributed by atoms with Gasteiger partial charge in [0.05, 0.1) is 29.2 Å². The van der Waals surface area contributed by atoms with Crippen LogP contribution in [0.2, 0.25) is 0 Å². The third kappa shape index (κ3) is 4.52. The van der Waals surface area contributed by atoms with Gasteiger partial charge >= 0.3 is 0 Å². The fraction of sp³-hybridized carbons (Fsp3) is 0.200. The van der Waals surface area contributed by atoms with Crippen molar-refractivity contribution in [1.29, 1.82) is 0 Å². The molecule has 29 heavy (non-hydrogen) atoms. The molecule has 0 atom stereocenters. The molecule has 148 valence electrons. The van der Waals surface area contributed by atoms with E-state index in [2.05, 4.69) is 20.6 Å². The Morgan fingerprint density at radius 1 is 1.21 bits per heavy atom. The minimum absolute atomic E-state index is 0.0561. The van der Waals surface area contributed by atoms with Crippen LogP contribution in [0.1, 0.15) is 23.1 Å². The van der Waals surface area contributed by atoms with Crippen LogP contribution in [0.3, 0.4) is 0 Å². The summed E-state index contributed by atoms with van der Waals surface area (Å²) in [4.78, 5) is 34.5. The predicted molar refractivity (Wildman–Crippen MR) is 115 cm³/mol. The van der Waals surface area contributed by atoms with Crippen molar-refractivity contribution in [3.8, 4) is 10.6 Å². The number of amides is 2. The van der Waals surface area contributed by atoms with Crippen LogP contribution in [0.4, 0.5) is 5.13 Å². The van der Waals surface area contributed by atoms with E-state index in [0.29, 0.717) is 11.7 Å². The number of carbonyl (C=O) groups is 2. The van der Waals surface area contributed by atoms with Crippen LogP contribution >= 0.6 is 22.7 Å². The molecule has 4 heterocycles. The topological polar surface area (TPSA) is 88.4 Å². The van der Waals surface area contributed by atoms with Gasteiger partial charge in [0.15, 0.2) is 5.13 Å². The van der Waals surface area contributed by atoms with Gasteiger partial charge in [-0.3, -0.25) is 9.59 Å². The molecule has 0 aromatic carbocycles. The molecule has 0 aliphatic rings. The third-order valence-electron chi connectivity index (χ3n) is 4.25. The number of imidazole rings is 1. The van der Waals surface area contributed by atoms with Crippen LogP contribution in [0.25, 0.3) is 16.2 Å². The lowest BCUT2D eigenvalue weighted by atomic mass is 10.3. The Hall–Kier alpha value is -3.04. The first-order chi connectivity index (χ1) is 14.0. The van der Waals surface area contributed by atoms with Gasteiger partial charge in [-0.1, -0.05) is 6.07 Å². The molecule has 4 aromatic rings. The van der Waals surface area contributed by atoms with Gasteiger partial charge in [0.2, 0.25) is 11.8 Å². The second kappa shape index (κ2) is 8.14. The van der Waals surface area contributed by atoms with Crippen LogP contribution in [-0.2, 0) is 22.6 Å². The fourth-order valence-corrected chi connectivity index (χ4v) is 4.59. The zero-order valence-electron chi connectivity index (χ0n) is 15.9. The number of carbonyl (C=O) groups excluding carboxylic acids is 2. The quantitative estimate of drug-likeness (QED) is 0.494. The van der Waals surface area contributed by atoms with Gasteiger partial charge in [-0.25, -0.2) is 9.97 Å². The highest BCUT2D eigenvalue weighted by Crippen LogP contribution is 2.30. The standard InChI is InChI=1S/C20H19N5O2S2/c1-12-4-3-7-25-10-14(22-19(12)25)8-18(27)24-20-23-16(11-28-20)17-6-5-15(29-17)9-21-13(2)26/h3-7,10-11H,8-9H2,1-2H3,(H,21,26)(H,23,24,27). The lowest BCUT2D eigenvalue weighted by Crippen LogP contribution is -2.17. The van der Waals surface area contributed by atoms with Crippen LogP contribution < -0.4 is 10.6 Å². The zero-order chi connectivity index (χ0) is 20.4. The lowest BCUT2D eigenvalue weighted by molar-refractivity contribution is -0.119. The highest BCUT2D eigenvalue weighted by Gasteiger charge is 2.13. The van der Waals surface area contributed by atoms with E-state index in [1.54, 1.807) is 11.3 Å². The average Bonchev–Trinajstić information content (AvgIpc) is 3.39. The van der Waals surface area contributed by atoms with Gasteiger partial charge in [0.25, 0.3) is 0 Å². The minimum Gasteiger partial charge on any atom is -0.351 e. The van der Waals surface area contributed by atoms with Crippen molar-refractivity contribution < 1.29 is 9.59 Å². The number of hydrogen-bond acceptors (Lipinski definition) is 6. The molecule has 0 fully saturated rings. The van der Waals surface area contributed by atoms with Gasteiger partial charge < -0.3 is 15.0 Å². The first-order valence-electron chi connectivity index (χ1n) is 9.00. The van der Waals surface area contributed by atoms with Crippen molar-refractivity contribution in [3.05, 3.63) is 58.2 Å². The summed E-state index contributed by atoms with van der Waals surface area (Å²) in [5.74, 6) is -0.205. The number of nitrogens with one attached hydrogen (secondary N) is 2. The minimum atomic E-state index is -0.149. The molecule has 4 rings (SSSR count). The summed E-state index contributed by atoms with van der Waals surface area (Å²) in [6.45, 7) is 4.00. The molecule has 0 bridgehead atoms. The Kier molecular flexibility index (Phi) is 5.41. The van der Waals surface area contributed by atoms with Gasteiger partial charge in [-0.2, -0.15) is 0 Å². The van der Waals surface area contributed by atoms with E-state index < -0.39 is 0 Å². The number of aromatic nitrogens is 3. The number of fused-ring (bicyclic) bond motifs is 1. The zero-order valence-corrected chi connectivity index (χ0v) is 17.6. The summed E-state index contributed by atoms with van der Waals surface area (Å²) in [5, 5.41) is 8.11. The van der Waals surface area contributed by atoms with Crippen LogP contribution in [0.5, 0.6) is 0 Å². The van der Waals surface area contributed by atoms with E-state index in [0.717, 1.165) is 32.4 Å². The van der Waals surface area contributed by atoms with E-state index in [1.165, 1.54) is 18.3 Å². The molecular formula is C20H19N5O2S2. The second-order valence-corrected chi connectivity index (χ2v) is 8.62. The van der Waals surface area contributed by atoms with Crippen LogP contribution in [-0.4, -0.2) is 26.2 Å². The van der Waals surface area contributed by atoms with E-state index in [4.69, 9.17) is 0 Å². The fourth-order valence-electron chi connectivity index (χ4n) is 2.88. The van der Waals surface area contributed by atoms with Gasteiger partial charge in [0, 0.05) is 29.6 Å². The van der Waals surface area contributed by atoms with E-state index >= 15 is 0 Å². The molecule has 0 unspecified atom stereocenters. The Labute approximate surface area is 175 Å². The summed E-state index contributed by atoms with van der Waals surface area (Å²) >= 11 is 2.96. The van der Waals surface area contributed by atoms with Crippen molar-refractivity contribution >= 4 is 45.3 Å². The Balaban J connectivity index is 1.40. The Bertz CT molecular complexity index is 1190. The average molecular weight is 426 g/mol. The normalized spacial score (nSPS) is 11.0. The van der Waals surface area contributed by atoms with Crippen LogP contribution in [0, 0.1) is 6.92 Å². The first-order valence-corrected chi connectivity index (χ1v) is 10.7. The highest BCUT2D eigenvalue weighted by atomic mass is 32.1. The van der Waals surface area contributed by atoms with Crippen molar-refractivity contribution in [2.75, 3.05) is 5.32 Å². The molecule has 7 nitrogen and oxygen atoms in total. The summed E-state index contributed by atoms with van der Waals surface area (Å²) in [7, 11) is 0. The molecular weight excluding hydrogens is 406 g/mol. The number of thiazole rings is 1. The van der Waals surface area contributed by atoms with Gasteiger partial charge in [0.1, 0.15) is 5.65 Å². The number of hydrogen-bond donors (Lipinski definition) is 2. The first kappa shape index (κ1) is 19.3. The number of aryl methyl sites for hydroxylation is 1. The van der Waals surface area contributed by atoms with Crippen molar-refractivity contribution in [2.24, 2.45) is 0 Å². The SMILES string of the molecule is CC(=O)NCc1ccc(-c2csc(NC(=O)Cc3cn4cccc(C)c4n3)n2)s1. The molecule has 2 amide bonds. The largest absolute Gasteiger partial charge is 0.351 e. The third-order valence-corrected chi connectivity index (χ3v) is 6.11. The molecule has 0 saturated carbocycles. The molecule has 4 aromatic heterocycles. The van der Waals surface area contributed by atoms with E-state index in [-0.39, 0.29) is 18.2 Å². The van der Waals surface area contributed by atoms with E-state index in [9.17, 15) is 9.59 Å². The summed E-state index contributed by atoms with van der Waals surface area (Å²) < 4.78 is 1.93. The number of pyridine rings is 1. The van der Waals surface area contributed by atoms with Gasteiger partial charge in [-0.05, 0) is 30.7 Å². The second-order valence-electron chi connectivity index (χ2n) is 6.59. The number of thiophene rings is 1. The summed E-state index contributed by atoms with van der Waals surface area (Å²) in [6.07, 6.45) is 3.98. The highest BCUT2D eigenvalue weighted by molar-refractivity contribution is 7.17. The number of rotatable bonds is 6. The van der Waals surface area contributed by atoms with Crippen molar-refractivity contribution in [2.45, 2.75) is 26.8 Å². The monoisotopic (exact) mass is 425 g/mol. The maximum absolute atomic E-state index is 12.4. The molecule has 0 aliphatic heterocycles. The number of anilines is 1. The van der Waals surface area contributed by atoms with Gasteiger partial charge in [-0.15, -0.1) is 22.7 Å². The Morgan fingerprint density at radius 3 is 2.86 bits per heavy atom. The summed E-state index contributed by atoms with van der Waals surface area (Å²) in [5.41, 5.74) is 3.46. The number of nitrogens with zero attached hydrogens (tertiary/aromatic N) is 3. The summed E-state index contributed by atoms with van der Waals surface area (Å²) in [6, 6.07) is 7.90. The van der Waals surface area contributed by atoms with E-state index in [1.807, 2.05) is 53.4 Å². The van der Waals surface area contributed by atoms with Crippen molar-refractivity contribution in [3.63, 3.8) is 0 Å². The smallest absolute Gasteiger partial charge is 0.232 e. The molecule has 2 N–H and O–H groups in total. The Morgan fingerprint density at radius 2 is 2.07 bits per heavy atom. The molecule has 0 spiro atoms. The molecule has 0 saturated heterocycles. The predicted octanol–water partition coefficient (Wildman–Crippen LogP) is 3.65.